The van der Waals surface area contributed by atoms with E-state index in [1.54, 1.807) is 19.0 Å². The predicted octanol–water partition coefficient (Wildman–Crippen LogP) is -1.07. The molecule has 0 aliphatic heterocycles. The van der Waals surface area contributed by atoms with Gasteiger partial charge in [-0.1, -0.05) is 0 Å². The van der Waals surface area contributed by atoms with Crippen LogP contribution < -0.4 is 4.90 Å². The van der Waals surface area contributed by atoms with Gasteiger partial charge in [-0.15, -0.1) is 0 Å². The molecule has 0 saturated carbocycles. The number of nitrogens with zero attached hydrogens (tertiary/aromatic N) is 3. The minimum atomic E-state index is -1.21. The lowest BCUT2D eigenvalue weighted by Crippen LogP contribution is -2.22. The SMILES string of the molecule is CN(C)c1ncc(C(O)C(O)CO)cn1. The van der Waals surface area contributed by atoms with Gasteiger partial charge in [0, 0.05) is 32.1 Å². The minimum absolute atomic E-state index is 0.377. The monoisotopic (exact) mass is 213 g/mol. The van der Waals surface area contributed by atoms with Gasteiger partial charge in [-0.2, -0.15) is 0 Å². The van der Waals surface area contributed by atoms with Crippen LogP contribution in [0.5, 0.6) is 0 Å². The Labute approximate surface area is 87.8 Å². The molecule has 6 nitrogen and oxygen atoms in total. The zero-order valence-electron chi connectivity index (χ0n) is 8.70. The van der Waals surface area contributed by atoms with Crippen LogP contribution in [0.1, 0.15) is 11.7 Å². The maximum absolute atomic E-state index is 9.51. The number of aromatic nitrogens is 2. The molecule has 2 atom stereocenters. The third-order valence-electron chi connectivity index (χ3n) is 1.95. The number of hydrogen-bond acceptors (Lipinski definition) is 6. The molecule has 0 amide bonds. The Morgan fingerprint density at radius 1 is 1.27 bits per heavy atom. The van der Waals surface area contributed by atoms with Crippen molar-refractivity contribution in [1.82, 2.24) is 9.97 Å². The molecule has 0 aliphatic carbocycles. The third-order valence-corrected chi connectivity index (χ3v) is 1.95. The van der Waals surface area contributed by atoms with Crippen LogP contribution >= 0.6 is 0 Å². The van der Waals surface area contributed by atoms with E-state index in [-0.39, 0.29) is 0 Å². The number of rotatable bonds is 4. The molecule has 1 rings (SSSR count). The van der Waals surface area contributed by atoms with Crippen molar-refractivity contribution in [3.8, 4) is 0 Å². The summed E-state index contributed by atoms with van der Waals surface area (Å²) in [5, 5.41) is 27.4. The normalized spacial score (nSPS) is 14.7. The van der Waals surface area contributed by atoms with Gasteiger partial charge in [-0.3, -0.25) is 0 Å². The van der Waals surface area contributed by atoms with Crippen LogP contribution in [0.25, 0.3) is 0 Å². The topological polar surface area (TPSA) is 89.7 Å². The van der Waals surface area contributed by atoms with E-state index in [9.17, 15) is 10.2 Å². The van der Waals surface area contributed by atoms with Gasteiger partial charge < -0.3 is 20.2 Å². The Hall–Kier alpha value is -1.24. The molecule has 0 spiro atoms. The predicted molar refractivity (Wildman–Crippen MR) is 54.4 cm³/mol. The number of hydrogen-bond donors (Lipinski definition) is 3. The molecule has 0 saturated heterocycles. The molecule has 0 aliphatic rings. The van der Waals surface area contributed by atoms with Crippen molar-refractivity contribution in [2.45, 2.75) is 12.2 Å². The molecule has 1 heterocycles. The molecular weight excluding hydrogens is 198 g/mol. The fourth-order valence-electron chi connectivity index (χ4n) is 1.04. The summed E-state index contributed by atoms with van der Waals surface area (Å²) in [5.41, 5.74) is 0.377. The van der Waals surface area contributed by atoms with Crippen molar-refractivity contribution >= 4 is 5.95 Å². The summed E-state index contributed by atoms with van der Waals surface area (Å²) in [4.78, 5) is 9.68. The highest BCUT2D eigenvalue weighted by molar-refractivity contribution is 5.27. The van der Waals surface area contributed by atoms with Crippen LogP contribution in [-0.2, 0) is 0 Å². The molecule has 15 heavy (non-hydrogen) atoms. The fraction of sp³-hybridized carbons (Fsp3) is 0.556. The summed E-state index contributed by atoms with van der Waals surface area (Å²) in [6, 6.07) is 0. The number of anilines is 1. The second-order valence-corrected chi connectivity index (χ2v) is 3.41. The van der Waals surface area contributed by atoms with E-state index in [2.05, 4.69) is 9.97 Å². The van der Waals surface area contributed by atoms with E-state index in [0.717, 1.165) is 0 Å². The molecular formula is C9H15N3O3. The quantitative estimate of drug-likeness (QED) is 0.590. The Kier molecular flexibility index (Phi) is 3.96. The van der Waals surface area contributed by atoms with Crippen LogP contribution in [0.3, 0.4) is 0 Å². The Morgan fingerprint density at radius 2 is 1.80 bits per heavy atom. The Morgan fingerprint density at radius 3 is 2.20 bits per heavy atom. The lowest BCUT2D eigenvalue weighted by atomic mass is 10.1. The van der Waals surface area contributed by atoms with Crippen LogP contribution in [-0.4, -0.2) is 52.1 Å². The van der Waals surface area contributed by atoms with Crippen LogP contribution in [0.15, 0.2) is 12.4 Å². The first-order valence-corrected chi connectivity index (χ1v) is 4.52. The van der Waals surface area contributed by atoms with Gasteiger partial charge in [0.1, 0.15) is 12.2 Å². The number of aliphatic hydroxyl groups is 3. The first-order chi connectivity index (χ1) is 7.06. The maximum atomic E-state index is 9.51. The van der Waals surface area contributed by atoms with Crippen LogP contribution in [0.4, 0.5) is 5.95 Å². The molecule has 0 fully saturated rings. The minimum Gasteiger partial charge on any atom is -0.394 e. The summed E-state index contributed by atoms with van der Waals surface area (Å²) >= 11 is 0. The van der Waals surface area contributed by atoms with E-state index in [1.807, 2.05) is 0 Å². The second-order valence-electron chi connectivity index (χ2n) is 3.41. The molecule has 6 heteroatoms. The van der Waals surface area contributed by atoms with E-state index in [4.69, 9.17) is 5.11 Å². The van der Waals surface area contributed by atoms with Crippen LogP contribution in [0.2, 0.25) is 0 Å². The molecule has 0 bridgehead atoms. The zero-order valence-corrected chi connectivity index (χ0v) is 8.70. The zero-order chi connectivity index (χ0) is 11.4. The van der Waals surface area contributed by atoms with Gasteiger partial charge in [-0.25, -0.2) is 9.97 Å². The summed E-state index contributed by atoms with van der Waals surface area (Å²) in [6.07, 6.45) is 0.475. The van der Waals surface area contributed by atoms with Gasteiger partial charge >= 0.3 is 0 Å². The van der Waals surface area contributed by atoms with Gasteiger partial charge in [0.05, 0.1) is 6.61 Å². The van der Waals surface area contributed by atoms with Crippen molar-refractivity contribution in [3.63, 3.8) is 0 Å². The standard InChI is InChI=1S/C9H15N3O3/c1-12(2)9-10-3-6(4-11-9)8(15)7(14)5-13/h3-4,7-8,13-15H,5H2,1-2H3. The smallest absolute Gasteiger partial charge is 0.224 e. The van der Waals surface area contributed by atoms with E-state index in [0.29, 0.717) is 11.5 Å². The summed E-state index contributed by atoms with van der Waals surface area (Å²) in [5.74, 6) is 0.518. The summed E-state index contributed by atoms with van der Waals surface area (Å²) < 4.78 is 0. The van der Waals surface area contributed by atoms with Crippen molar-refractivity contribution in [3.05, 3.63) is 18.0 Å². The molecule has 0 radical (unpaired) electrons. The lowest BCUT2D eigenvalue weighted by molar-refractivity contribution is -0.0155. The Balaban J connectivity index is 2.79. The second kappa shape index (κ2) is 5.01. The lowest BCUT2D eigenvalue weighted by Gasteiger charge is -2.16. The summed E-state index contributed by atoms with van der Waals surface area (Å²) in [6.45, 7) is -0.503. The molecule has 1 aromatic rings. The van der Waals surface area contributed by atoms with Crippen molar-refractivity contribution in [2.24, 2.45) is 0 Å². The highest BCUT2D eigenvalue weighted by Crippen LogP contribution is 2.15. The van der Waals surface area contributed by atoms with Gasteiger partial charge in [0.25, 0.3) is 0 Å². The van der Waals surface area contributed by atoms with Crippen molar-refractivity contribution in [1.29, 1.82) is 0 Å². The average molecular weight is 213 g/mol. The average Bonchev–Trinajstić information content (AvgIpc) is 2.27. The largest absolute Gasteiger partial charge is 0.394 e. The van der Waals surface area contributed by atoms with Crippen molar-refractivity contribution < 1.29 is 15.3 Å². The molecule has 0 aromatic carbocycles. The Bertz CT molecular complexity index is 302. The van der Waals surface area contributed by atoms with E-state index < -0.39 is 18.8 Å². The molecule has 2 unspecified atom stereocenters. The fourth-order valence-corrected chi connectivity index (χ4v) is 1.04. The molecule has 84 valence electrons. The highest BCUT2D eigenvalue weighted by atomic mass is 16.4. The van der Waals surface area contributed by atoms with Gasteiger partial charge in [-0.05, 0) is 0 Å². The van der Waals surface area contributed by atoms with Gasteiger partial charge in [0.2, 0.25) is 5.95 Å². The molecule has 1 aromatic heterocycles. The van der Waals surface area contributed by atoms with Gasteiger partial charge in [0.15, 0.2) is 0 Å². The van der Waals surface area contributed by atoms with Crippen molar-refractivity contribution in [2.75, 3.05) is 25.6 Å². The maximum Gasteiger partial charge on any atom is 0.224 e. The van der Waals surface area contributed by atoms with E-state index >= 15 is 0 Å². The first kappa shape index (κ1) is 11.8. The third kappa shape index (κ3) is 2.85. The first-order valence-electron chi connectivity index (χ1n) is 4.52. The summed E-state index contributed by atoms with van der Waals surface area (Å²) in [7, 11) is 3.60. The van der Waals surface area contributed by atoms with Crippen LogP contribution in [0, 0.1) is 0 Å². The number of aliphatic hydroxyl groups excluding tert-OH is 3. The van der Waals surface area contributed by atoms with E-state index in [1.165, 1.54) is 12.4 Å². The molecule has 3 N–H and O–H groups in total. The highest BCUT2D eigenvalue weighted by Gasteiger charge is 2.18.